The second-order valence-electron chi connectivity index (χ2n) is 7.35. The molecule has 0 atom stereocenters. The van der Waals surface area contributed by atoms with Crippen molar-refractivity contribution < 1.29 is 14.3 Å². The van der Waals surface area contributed by atoms with E-state index in [0.717, 1.165) is 15.9 Å². The molecular formula is C23H23BrN4O3. The normalized spacial score (nSPS) is 13.9. The molecule has 0 bridgehead atoms. The molecule has 160 valence electrons. The number of rotatable bonds is 4. The maximum atomic E-state index is 13.1. The van der Waals surface area contributed by atoms with Crippen molar-refractivity contribution in [3.05, 3.63) is 76.0 Å². The Balaban J connectivity index is 1.43. The molecule has 2 heterocycles. The van der Waals surface area contributed by atoms with Gasteiger partial charge in [0.25, 0.3) is 11.8 Å². The molecule has 0 saturated carbocycles. The number of nitrogens with zero attached hydrogens (tertiary/aromatic N) is 4. The highest BCUT2D eigenvalue weighted by molar-refractivity contribution is 9.10. The minimum absolute atomic E-state index is 0.0507. The van der Waals surface area contributed by atoms with Crippen LogP contribution in [0, 0.1) is 6.92 Å². The van der Waals surface area contributed by atoms with E-state index in [1.807, 2.05) is 37.3 Å². The van der Waals surface area contributed by atoms with Crippen molar-refractivity contribution in [3.8, 4) is 11.4 Å². The summed E-state index contributed by atoms with van der Waals surface area (Å²) in [7, 11) is 1.58. The Kier molecular flexibility index (Phi) is 6.08. The lowest BCUT2D eigenvalue weighted by Gasteiger charge is -2.34. The van der Waals surface area contributed by atoms with Crippen LogP contribution in [0.1, 0.15) is 26.4 Å². The SMILES string of the molecule is COc1cccc(C(=O)N2CCN(C(=O)c3cnn(-c4ccc(Br)cc4)c3C)CC2)c1. The van der Waals surface area contributed by atoms with E-state index >= 15 is 0 Å². The minimum atomic E-state index is -0.0608. The minimum Gasteiger partial charge on any atom is -0.497 e. The fraction of sp³-hybridized carbons (Fsp3) is 0.261. The van der Waals surface area contributed by atoms with Crippen LogP contribution < -0.4 is 4.74 Å². The van der Waals surface area contributed by atoms with Crippen LogP contribution in [0.2, 0.25) is 0 Å². The molecule has 0 N–H and O–H groups in total. The fourth-order valence-corrected chi connectivity index (χ4v) is 3.95. The predicted molar refractivity (Wildman–Crippen MR) is 121 cm³/mol. The Hall–Kier alpha value is -3.13. The molecule has 31 heavy (non-hydrogen) atoms. The second kappa shape index (κ2) is 8.93. The van der Waals surface area contributed by atoms with E-state index in [1.165, 1.54) is 0 Å². The van der Waals surface area contributed by atoms with Gasteiger partial charge in [0, 0.05) is 36.2 Å². The topological polar surface area (TPSA) is 67.7 Å². The summed E-state index contributed by atoms with van der Waals surface area (Å²) in [4.78, 5) is 29.5. The number of ether oxygens (including phenoxy) is 1. The first-order valence-electron chi connectivity index (χ1n) is 10.0. The van der Waals surface area contributed by atoms with Crippen molar-refractivity contribution >= 4 is 27.7 Å². The number of hydrogen-bond donors (Lipinski definition) is 0. The average Bonchev–Trinajstić information content (AvgIpc) is 3.20. The van der Waals surface area contributed by atoms with Gasteiger partial charge in [-0.2, -0.15) is 5.10 Å². The van der Waals surface area contributed by atoms with Crippen LogP contribution in [0.3, 0.4) is 0 Å². The Morgan fingerprint density at radius 3 is 2.26 bits per heavy atom. The molecule has 8 heteroatoms. The fourth-order valence-electron chi connectivity index (χ4n) is 3.68. The lowest BCUT2D eigenvalue weighted by Crippen LogP contribution is -2.50. The van der Waals surface area contributed by atoms with Gasteiger partial charge >= 0.3 is 0 Å². The summed E-state index contributed by atoms with van der Waals surface area (Å²) in [5.74, 6) is 0.539. The van der Waals surface area contributed by atoms with Gasteiger partial charge in [-0.3, -0.25) is 9.59 Å². The molecule has 1 saturated heterocycles. The summed E-state index contributed by atoms with van der Waals surface area (Å²) >= 11 is 3.43. The Bertz CT molecular complexity index is 1100. The monoisotopic (exact) mass is 482 g/mol. The molecule has 1 aliphatic heterocycles. The van der Waals surface area contributed by atoms with Gasteiger partial charge in [0.15, 0.2) is 0 Å². The van der Waals surface area contributed by atoms with E-state index in [9.17, 15) is 9.59 Å². The van der Waals surface area contributed by atoms with Gasteiger partial charge in [0.2, 0.25) is 0 Å². The van der Waals surface area contributed by atoms with Crippen molar-refractivity contribution in [3.63, 3.8) is 0 Å². The van der Waals surface area contributed by atoms with Crippen molar-refractivity contribution in [2.75, 3.05) is 33.3 Å². The van der Waals surface area contributed by atoms with Crippen molar-refractivity contribution in [1.29, 1.82) is 0 Å². The number of aromatic nitrogens is 2. The van der Waals surface area contributed by atoms with Crippen LogP contribution in [-0.4, -0.2) is 64.7 Å². The molecule has 1 fully saturated rings. The first-order chi connectivity index (χ1) is 15.0. The average molecular weight is 483 g/mol. The van der Waals surface area contributed by atoms with E-state index in [0.29, 0.717) is 43.1 Å². The molecule has 0 spiro atoms. The zero-order valence-corrected chi connectivity index (χ0v) is 19.0. The Morgan fingerprint density at radius 1 is 0.968 bits per heavy atom. The number of methoxy groups -OCH3 is 1. The van der Waals surface area contributed by atoms with Gasteiger partial charge in [0.05, 0.1) is 30.3 Å². The molecule has 1 aliphatic rings. The highest BCUT2D eigenvalue weighted by Crippen LogP contribution is 2.20. The zero-order valence-electron chi connectivity index (χ0n) is 17.4. The van der Waals surface area contributed by atoms with E-state index in [-0.39, 0.29) is 11.8 Å². The number of carbonyl (C=O) groups excluding carboxylic acids is 2. The van der Waals surface area contributed by atoms with Gasteiger partial charge < -0.3 is 14.5 Å². The molecule has 2 amide bonds. The maximum Gasteiger partial charge on any atom is 0.257 e. The molecule has 3 aromatic rings. The largest absolute Gasteiger partial charge is 0.497 e. The van der Waals surface area contributed by atoms with Gasteiger partial charge in [-0.1, -0.05) is 22.0 Å². The van der Waals surface area contributed by atoms with E-state index < -0.39 is 0 Å². The van der Waals surface area contributed by atoms with E-state index in [4.69, 9.17) is 4.74 Å². The van der Waals surface area contributed by atoms with Crippen LogP contribution >= 0.6 is 15.9 Å². The van der Waals surface area contributed by atoms with Crippen LogP contribution in [0.4, 0.5) is 0 Å². The van der Waals surface area contributed by atoms with Crippen LogP contribution in [0.5, 0.6) is 5.75 Å². The number of carbonyl (C=O) groups is 2. The molecule has 2 aromatic carbocycles. The summed E-state index contributed by atoms with van der Waals surface area (Å²) in [5, 5.41) is 4.41. The smallest absolute Gasteiger partial charge is 0.257 e. The van der Waals surface area contributed by atoms with Gasteiger partial charge in [0.1, 0.15) is 5.75 Å². The van der Waals surface area contributed by atoms with Crippen LogP contribution in [-0.2, 0) is 0 Å². The third kappa shape index (κ3) is 4.34. The van der Waals surface area contributed by atoms with Crippen LogP contribution in [0.15, 0.2) is 59.2 Å². The highest BCUT2D eigenvalue weighted by atomic mass is 79.9. The Labute approximate surface area is 189 Å². The quantitative estimate of drug-likeness (QED) is 0.570. The molecule has 4 rings (SSSR count). The highest BCUT2D eigenvalue weighted by Gasteiger charge is 2.27. The molecule has 1 aromatic heterocycles. The second-order valence-corrected chi connectivity index (χ2v) is 8.26. The predicted octanol–water partition coefficient (Wildman–Crippen LogP) is 3.55. The number of hydrogen-bond acceptors (Lipinski definition) is 4. The van der Waals surface area contributed by atoms with Crippen molar-refractivity contribution in [1.82, 2.24) is 19.6 Å². The standard InChI is InChI=1S/C23H23BrN4O3/c1-16-21(15-25-28(16)19-8-6-18(24)7-9-19)23(30)27-12-10-26(11-13-27)22(29)17-4-3-5-20(14-17)31-2/h3-9,14-15H,10-13H2,1-2H3. The first-order valence-corrected chi connectivity index (χ1v) is 10.8. The van der Waals surface area contributed by atoms with E-state index in [1.54, 1.807) is 46.0 Å². The lowest BCUT2D eigenvalue weighted by molar-refractivity contribution is 0.0535. The molecular weight excluding hydrogens is 460 g/mol. The summed E-state index contributed by atoms with van der Waals surface area (Å²) in [6.45, 7) is 3.84. The number of amides is 2. The van der Waals surface area contributed by atoms with Gasteiger partial charge in [-0.05, 0) is 49.4 Å². The molecule has 0 aliphatic carbocycles. The maximum absolute atomic E-state index is 13.1. The number of benzene rings is 2. The number of piperazine rings is 1. The summed E-state index contributed by atoms with van der Waals surface area (Å²) in [5.41, 5.74) is 2.86. The van der Waals surface area contributed by atoms with Crippen molar-refractivity contribution in [2.45, 2.75) is 6.92 Å². The van der Waals surface area contributed by atoms with Gasteiger partial charge in [-0.25, -0.2) is 4.68 Å². The first kappa shape index (κ1) is 21.1. The molecule has 0 unspecified atom stereocenters. The lowest BCUT2D eigenvalue weighted by atomic mass is 10.1. The molecule has 0 radical (unpaired) electrons. The van der Waals surface area contributed by atoms with Gasteiger partial charge in [-0.15, -0.1) is 0 Å². The third-order valence-corrected chi connectivity index (χ3v) is 6.01. The molecule has 7 nitrogen and oxygen atoms in total. The van der Waals surface area contributed by atoms with Crippen molar-refractivity contribution in [2.24, 2.45) is 0 Å². The number of halogens is 1. The summed E-state index contributed by atoms with van der Waals surface area (Å²) in [6, 6.07) is 14.9. The van der Waals surface area contributed by atoms with Crippen LogP contribution in [0.25, 0.3) is 5.69 Å². The third-order valence-electron chi connectivity index (χ3n) is 5.48. The summed E-state index contributed by atoms with van der Waals surface area (Å²) in [6.07, 6.45) is 1.62. The summed E-state index contributed by atoms with van der Waals surface area (Å²) < 4.78 is 7.96. The Morgan fingerprint density at radius 2 is 1.61 bits per heavy atom. The van der Waals surface area contributed by atoms with E-state index in [2.05, 4.69) is 21.0 Å². The zero-order chi connectivity index (χ0) is 22.0.